The minimum atomic E-state index is -1.53. The number of carbonyl (C=O) groups excluding carboxylic acids is 1. The Morgan fingerprint density at radius 1 is 1.50 bits per heavy atom. The van der Waals surface area contributed by atoms with Crippen LogP contribution in [0.25, 0.3) is 0 Å². The molecule has 3 N–H and O–H groups in total. The summed E-state index contributed by atoms with van der Waals surface area (Å²) in [4.78, 5) is 11.8. The first-order chi connectivity index (χ1) is 11.3. The predicted octanol–water partition coefficient (Wildman–Crippen LogP) is 1.66. The van der Waals surface area contributed by atoms with Gasteiger partial charge in [-0.3, -0.25) is 4.79 Å². The van der Waals surface area contributed by atoms with E-state index in [9.17, 15) is 15.0 Å². The summed E-state index contributed by atoms with van der Waals surface area (Å²) in [6.07, 6.45) is 8.22. The number of hydrogen-bond donors (Lipinski definition) is 3. The second-order valence-corrected chi connectivity index (χ2v) is 6.82. The van der Waals surface area contributed by atoms with E-state index in [1.807, 2.05) is 26.0 Å². The van der Waals surface area contributed by atoms with Crippen molar-refractivity contribution < 1.29 is 24.9 Å². The molecule has 1 aliphatic carbocycles. The van der Waals surface area contributed by atoms with E-state index < -0.39 is 23.4 Å². The van der Waals surface area contributed by atoms with Crippen molar-refractivity contribution in [2.24, 2.45) is 11.8 Å². The van der Waals surface area contributed by atoms with Gasteiger partial charge in [0.25, 0.3) is 0 Å². The summed E-state index contributed by atoms with van der Waals surface area (Å²) >= 11 is 0. The van der Waals surface area contributed by atoms with E-state index in [2.05, 4.69) is 6.08 Å². The van der Waals surface area contributed by atoms with Crippen molar-refractivity contribution in [1.29, 1.82) is 0 Å². The van der Waals surface area contributed by atoms with Crippen LogP contribution < -0.4 is 0 Å². The van der Waals surface area contributed by atoms with Crippen LogP contribution >= 0.6 is 0 Å². The summed E-state index contributed by atoms with van der Waals surface area (Å²) in [6.45, 7) is 5.85. The first-order valence-electron chi connectivity index (χ1n) is 8.23. The average Bonchev–Trinajstić information content (AvgIpc) is 2.51. The molecule has 2 aliphatic rings. The fourth-order valence-electron chi connectivity index (χ4n) is 3.05. The zero-order valence-electron chi connectivity index (χ0n) is 14.4. The lowest BCUT2D eigenvalue weighted by molar-refractivity contribution is -0.148. The molecule has 0 spiro atoms. The molecule has 1 aliphatic heterocycles. The molecule has 0 aromatic carbocycles. The van der Waals surface area contributed by atoms with Crippen molar-refractivity contribution in [3.8, 4) is 0 Å². The molecule has 0 fully saturated rings. The zero-order chi connectivity index (χ0) is 17.9. The highest BCUT2D eigenvalue weighted by molar-refractivity contribution is 5.96. The number of hydrogen-bond acceptors (Lipinski definition) is 5. The summed E-state index contributed by atoms with van der Waals surface area (Å²) in [6, 6.07) is 0. The number of ether oxygens (including phenoxy) is 1. The topological polar surface area (TPSA) is 87.0 Å². The van der Waals surface area contributed by atoms with Gasteiger partial charge >= 0.3 is 0 Å². The highest BCUT2D eigenvalue weighted by Crippen LogP contribution is 2.37. The molecule has 5 heteroatoms. The molecule has 0 saturated carbocycles. The van der Waals surface area contributed by atoms with Gasteiger partial charge in [-0.2, -0.15) is 0 Å². The van der Waals surface area contributed by atoms with Crippen LogP contribution in [-0.2, 0) is 9.53 Å². The van der Waals surface area contributed by atoms with E-state index in [4.69, 9.17) is 9.84 Å². The molecule has 132 valence electrons. The summed E-state index contributed by atoms with van der Waals surface area (Å²) in [5, 5.41) is 29.2. The molecular formula is C19H26O5. The fraction of sp³-hybridized carbons (Fsp3) is 0.526. The molecule has 0 amide bonds. The molecule has 1 heterocycles. The maximum Gasteiger partial charge on any atom is 0.187 e. The molecule has 2 rings (SSSR count). The van der Waals surface area contributed by atoms with Gasteiger partial charge in [-0.25, -0.2) is 0 Å². The summed E-state index contributed by atoms with van der Waals surface area (Å²) < 4.78 is 5.65. The Labute approximate surface area is 142 Å². The first-order valence-corrected chi connectivity index (χ1v) is 8.23. The van der Waals surface area contributed by atoms with Gasteiger partial charge in [-0.05, 0) is 50.0 Å². The van der Waals surface area contributed by atoms with Crippen LogP contribution in [0.3, 0.4) is 0 Å². The first kappa shape index (κ1) is 18.6. The third kappa shape index (κ3) is 4.04. The Kier molecular flexibility index (Phi) is 5.80. The molecule has 5 nitrogen and oxygen atoms in total. The molecule has 0 bridgehead atoms. The van der Waals surface area contributed by atoms with Gasteiger partial charge in [0.1, 0.15) is 17.5 Å². The number of aliphatic hydroxyl groups is 3. The minimum Gasteiger partial charge on any atom is -0.493 e. The van der Waals surface area contributed by atoms with Crippen molar-refractivity contribution in [1.82, 2.24) is 0 Å². The number of ketones is 1. The summed E-state index contributed by atoms with van der Waals surface area (Å²) in [5.41, 5.74) is 0.206. The largest absolute Gasteiger partial charge is 0.493 e. The molecule has 0 aromatic rings. The van der Waals surface area contributed by atoms with Gasteiger partial charge in [0.05, 0.1) is 6.61 Å². The SMILES string of the molecule is CC(/C=C/C1=CC2=CC(=O)[C@H](O)[C@](C)(O)[C@H]2CO1)=C\C(C)CCO. The lowest BCUT2D eigenvalue weighted by Crippen LogP contribution is -2.55. The molecule has 24 heavy (non-hydrogen) atoms. The number of allylic oxidation sites excluding steroid dienone is 5. The average molecular weight is 334 g/mol. The smallest absolute Gasteiger partial charge is 0.187 e. The van der Waals surface area contributed by atoms with Crippen LogP contribution in [0.4, 0.5) is 0 Å². The highest BCUT2D eigenvalue weighted by Gasteiger charge is 2.48. The number of fused-ring (bicyclic) bond motifs is 1. The third-order valence-corrected chi connectivity index (χ3v) is 4.61. The van der Waals surface area contributed by atoms with Crippen LogP contribution in [0.15, 0.2) is 47.3 Å². The van der Waals surface area contributed by atoms with Crippen LogP contribution in [0.1, 0.15) is 27.2 Å². The van der Waals surface area contributed by atoms with E-state index in [1.165, 1.54) is 13.0 Å². The van der Waals surface area contributed by atoms with E-state index in [-0.39, 0.29) is 13.2 Å². The quantitative estimate of drug-likeness (QED) is 0.666. The molecule has 1 unspecified atom stereocenters. The number of aliphatic hydroxyl groups excluding tert-OH is 2. The maximum atomic E-state index is 11.8. The van der Waals surface area contributed by atoms with Crippen LogP contribution in [-0.4, -0.2) is 46.0 Å². The second kappa shape index (κ2) is 7.47. The van der Waals surface area contributed by atoms with E-state index in [0.29, 0.717) is 17.3 Å². The Hall–Kier alpha value is -1.69. The molecule has 0 saturated heterocycles. The van der Waals surface area contributed by atoms with Crippen LogP contribution in [0, 0.1) is 11.8 Å². The van der Waals surface area contributed by atoms with Crippen molar-refractivity contribution in [2.75, 3.05) is 13.2 Å². The molecule has 0 radical (unpaired) electrons. The third-order valence-electron chi connectivity index (χ3n) is 4.61. The summed E-state index contributed by atoms with van der Waals surface area (Å²) in [5.74, 6) is -0.00852. The maximum absolute atomic E-state index is 11.8. The van der Waals surface area contributed by atoms with Crippen molar-refractivity contribution in [3.63, 3.8) is 0 Å². The Bertz CT molecular complexity index is 609. The van der Waals surface area contributed by atoms with Crippen molar-refractivity contribution >= 4 is 5.78 Å². The molecule has 0 aromatic heterocycles. The Morgan fingerprint density at radius 3 is 2.88 bits per heavy atom. The lowest BCUT2D eigenvalue weighted by atomic mass is 9.73. The van der Waals surface area contributed by atoms with Gasteiger partial charge in [0, 0.05) is 12.5 Å². The van der Waals surface area contributed by atoms with E-state index >= 15 is 0 Å². The predicted molar refractivity (Wildman–Crippen MR) is 91.0 cm³/mol. The van der Waals surface area contributed by atoms with Gasteiger partial charge in [-0.1, -0.05) is 24.6 Å². The van der Waals surface area contributed by atoms with Crippen molar-refractivity contribution in [2.45, 2.75) is 38.9 Å². The van der Waals surface area contributed by atoms with Crippen LogP contribution in [0.2, 0.25) is 0 Å². The standard InChI is InChI=1S/C19H26O5/c1-12(8-13(2)6-7-20)4-5-15-9-14-10-17(21)18(22)19(3,23)16(14)11-24-15/h4-5,8-10,13,16,18,20,22-23H,6-7,11H2,1-3H3/b5-4+,12-8+/t13?,16-,18-,19+/m0/s1. The monoisotopic (exact) mass is 334 g/mol. The van der Waals surface area contributed by atoms with Crippen LogP contribution in [0.5, 0.6) is 0 Å². The molecular weight excluding hydrogens is 308 g/mol. The van der Waals surface area contributed by atoms with Crippen molar-refractivity contribution in [3.05, 3.63) is 47.3 Å². The van der Waals surface area contributed by atoms with Gasteiger partial charge in [0.2, 0.25) is 0 Å². The normalized spacial score (nSPS) is 32.1. The molecule has 4 atom stereocenters. The summed E-state index contributed by atoms with van der Waals surface area (Å²) in [7, 11) is 0. The second-order valence-electron chi connectivity index (χ2n) is 6.82. The zero-order valence-corrected chi connectivity index (χ0v) is 14.4. The van der Waals surface area contributed by atoms with E-state index in [1.54, 1.807) is 6.08 Å². The number of rotatable bonds is 5. The fourth-order valence-corrected chi connectivity index (χ4v) is 3.05. The Morgan fingerprint density at radius 2 is 2.21 bits per heavy atom. The Balaban J connectivity index is 2.15. The van der Waals surface area contributed by atoms with E-state index in [0.717, 1.165) is 12.0 Å². The lowest BCUT2D eigenvalue weighted by Gasteiger charge is -2.41. The minimum absolute atomic E-state index is 0.165. The van der Waals surface area contributed by atoms with Gasteiger partial charge in [0.15, 0.2) is 5.78 Å². The highest BCUT2D eigenvalue weighted by atomic mass is 16.5. The van der Waals surface area contributed by atoms with Gasteiger partial charge < -0.3 is 20.1 Å². The van der Waals surface area contributed by atoms with Gasteiger partial charge in [-0.15, -0.1) is 0 Å². The number of carbonyl (C=O) groups is 1.